The molecular weight excluding hydrogens is 230 g/mol. The molecule has 1 amide bonds. The van der Waals surface area contributed by atoms with Crippen LogP contribution in [0.2, 0.25) is 0 Å². The fourth-order valence-corrected chi connectivity index (χ4v) is 1.73. The lowest BCUT2D eigenvalue weighted by atomic mass is 9.95. The summed E-state index contributed by atoms with van der Waals surface area (Å²) in [7, 11) is 1.29. The van der Waals surface area contributed by atoms with E-state index in [1.807, 2.05) is 45.0 Å². The molecule has 0 heterocycles. The summed E-state index contributed by atoms with van der Waals surface area (Å²) >= 11 is 0. The van der Waals surface area contributed by atoms with Crippen LogP contribution in [0, 0.1) is 18.8 Å². The molecule has 18 heavy (non-hydrogen) atoms. The number of hydrogen-bond donors (Lipinski definition) is 1. The highest BCUT2D eigenvalue weighted by molar-refractivity contribution is 6.05. The first-order chi connectivity index (χ1) is 8.47. The van der Waals surface area contributed by atoms with Crippen molar-refractivity contribution >= 4 is 17.6 Å². The number of carbonyl (C=O) groups is 2. The molecule has 0 spiro atoms. The highest BCUT2D eigenvalue weighted by Crippen LogP contribution is 2.18. The Kier molecular flexibility index (Phi) is 4.89. The van der Waals surface area contributed by atoms with E-state index in [-0.39, 0.29) is 11.8 Å². The Morgan fingerprint density at radius 1 is 1.22 bits per heavy atom. The Morgan fingerprint density at radius 3 is 2.33 bits per heavy atom. The molecule has 0 aliphatic heterocycles. The predicted octanol–water partition coefficient (Wildman–Crippen LogP) is 2.38. The number of carbonyl (C=O) groups excluding carboxylic acids is 2. The zero-order chi connectivity index (χ0) is 13.7. The number of methoxy groups -OCH3 is 1. The number of esters is 1. The monoisotopic (exact) mass is 249 g/mol. The summed E-state index contributed by atoms with van der Waals surface area (Å²) in [6.07, 6.45) is 0. The first kappa shape index (κ1) is 14.2. The molecule has 0 saturated carbocycles. The van der Waals surface area contributed by atoms with Crippen LogP contribution in [0.1, 0.15) is 19.4 Å². The second-order valence-electron chi connectivity index (χ2n) is 4.55. The minimum atomic E-state index is -0.783. The van der Waals surface area contributed by atoms with Crippen molar-refractivity contribution in [2.45, 2.75) is 20.8 Å². The number of aryl methyl sites for hydroxylation is 1. The lowest BCUT2D eigenvalue weighted by Crippen LogP contribution is -2.34. The molecule has 0 aliphatic rings. The number of hydrogen-bond acceptors (Lipinski definition) is 3. The van der Waals surface area contributed by atoms with Crippen molar-refractivity contribution in [1.29, 1.82) is 0 Å². The first-order valence-corrected chi connectivity index (χ1v) is 5.91. The molecule has 1 aromatic rings. The van der Waals surface area contributed by atoms with Crippen molar-refractivity contribution in [1.82, 2.24) is 0 Å². The highest BCUT2D eigenvalue weighted by atomic mass is 16.5. The largest absolute Gasteiger partial charge is 0.468 e. The van der Waals surface area contributed by atoms with Crippen molar-refractivity contribution in [3.8, 4) is 0 Å². The minimum absolute atomic E-state index is 0.110. The zero-order valence-corrected chi connectivity index (χ0v) is 11.2. The van der Waals surface area contributed by atoms with Crippen molar-refractivity contribution < 1.29 is 14.3 Å². The van der Waals surface area contributed by atoms with Crippen molar-refractivity contribution in [2.24, 2.45) is 11.8 Å². The molecule has 1 N–H and O–H groups in total. The maximum absolute atomic E-state index is 12.1. The summed E-state index contributed by atoms with van der Waals surface area (Å²) in [4.78, 5) is 23.7. The molecule has 4 heteroatoms. The van der Waals surface area contributed by atoms with Crippen LogP contribution < -0.4 is 5.32 Å². The molecule has 1 unspecified atom stereocenters. The molecule has 1 aromatic carbocycles. The predicted molar refractivity (Wildman–Crippen MR) is 70.2 cm³/mol. The van der Waals surface area contributed by atoms with Crippen LogP contribution in [0.4, 0.5) is 5.69 Å². The maximum Gasteiger partial charge on any atom is 0.318 e. The van der Waals surface area contributed by atoms with E-state index in [4.69, 9.17) is 0 Å². The summed E-state index contributed by atoms with van der Waals surface area (Å²) in [5.74, 6) is -1.72. The number of benzene rings is 1. The summed E-state index contributed by atoms with van der Waals surface area (Å²) in [6.45, 7) is 5.54. The van der Waals surface area contributed by atoms with Gasteiger partial charge >= 0.3 is 5.97 Å². The van der Waals surface area contributed by atoms with Gasteiger partial charge in [0.15, 0.2) is 0 Å². The molecule has 0 aliphatic carbocycles. The van der Waals surface area contributed by atoms with Gasteiger partial charge in [-0.1, -0.05) is 32.0 Å². The smallest absolute Gasteiger partial charge is 0.318 e. The van der Waals surface area contributed by atoms with Gasteiger partial charge < -0.3 is 10.1 Å². The fraction of sp³-hybridized carbons (Fsp3) is 0.429. The Labute approximate surface area is 107 Å². The molecule has 0 radical (unpaired) electrons. The number of ether oxygens (including phenoxy) is 1. The van der Waals surface area contributed by atoms with Gasteiger partial charge in [0, 0.05) is 5.69 Å². The van der Waals surface area contributed by atoms with Gasteiger partial charge in [-0.25, -0.2) is 0 Å². The third kappa shape index (κ3) is 3.32. The quantitative estimate of drug-likeness (QED) is 0.658. The molecule has 0 saturated heterocycles. The Hall–Kier alpha value is -1.84. The number of nitrogens with one attached hydrogen (secondary N) is 1. The molecular formula is C14H19NO3. The zero-order valence-electron chi connectivity index (χ0n) is 11.2. The van der Waals surface area contributed by atoms with E-state index in [1.54, 1.807) is 0 Å². The summed E-state index contributed by atoms with van der Waals surface area (Å²) in [6, 6.07) is 7.44. The number of anilines is 1. The topological polar surface area (TPSA) is 55.4 Å². The van der Waals surface area contributed by atoms with Crippen molar-refractivity contribution in [3.63, 3.8) is 0 Å². The average Bonchev–Trinajstić information content (AvgIpc) is 2.31. The third-order valence-corrected chi connectivity index (χ3v) is 2.81. The Balaban J connectivity index is 2.86. The standard InChI is InChI=1S/C14H19NO3/c1-9(2)12(14(17)18-4)13(16)15-11-8-6-5-7-10(11)3/h5-9,12H,1-4H3,(H,15,16). The van der Waals surface area contributed by atoms with E-state index < -0.39 is 11.9 Å². The van der Waals surface area contributed by atoms with Gasteiger partial charge in [-0.2, -0.15) is 0 Å². The van der Waals surface area contributed by atoms with Crippen LogP contribution in [0.3, 0.4) is 0 Å². The van der Waals surface area contributed by atoms with Crippen LogP contribution in [0.5, 0.6) is 0 Å². The SMILES string of the molecule is COC(=O)C(C(=O)Nc1ccccc1C)C(C)C. The van der Waals surface area contributed by atoms with Crippen LogP contribution in [0.15, 0.2) is 24.3 Å². The molecule has 1 atom stereocenters. The number of rotatable bonds is 4. The number of para-hydroxylation sites is 1. The van der Waals surface area contributed by atoms with Crippen LogP contribution in [0.25, 0.3) is 0 Å². The summed E-state index contributed by atoms with van der Waals surface area (Å²) in [5.41, 5.74) is 1.68. The van der Waals surface area contributed by atoms with Crippen LogP contribution in [-0.2, 0) is 14.3 Å². The Bertz CT molecular complexity index is 440. The van der Waals surface area contributed by atoms with Gasteiger partial charge in [0.2, 0.25) is 5.91 Å². The van der Waals surface area contributed by atoms with E-state index in [9.17, 15) is 9.59 Å². The minimum Gasteiger partial charge on any atom is -0.468 e. The first-order valence-electron chi connectivity index (χ1n) is 5.91. The van der Waals surface area contributed by atoms with Gasteiger partial charge in [-0.3, -0.25) is 9.59 Å². The number of amides is 1. The molecule has 0 bridgehead atoms. The molecule has 4 nitrogen and oxygen atoms in total. The average molecular weight is 249 g/mol. The van der Waals surface area contributed by atoms with E-state index in [2.05, 4.69) is 10.1 Å². The molecule has 0 aromatic heterocycles. The fourth-order valence-electron chi connectivity index (χ4n) is 1.73. The van der Waals surface area contributed by atoms with Crippen LogP contribution in [-0.4, -0.2) is 19.0 Å². The summed E-state index contributed by atoms with van der Waals surface area (Å²) in [5, 5.41) is 2.77. The van der Waals surface area contributed by atoms with Gasteiger partial charge in [-0.15, -0.1) is 0 Å². The van der Waals surface area contributed by atoms with Gasteiger partial charge in [-0.05, 0) is 24.5 Å². The van der Waals surface area contributed by atoms with E-state index in [0.29, 0.717) is 0 Å². The Morgan fingerprint density at radius 2 is 1.83 bits per heavy atom. The highest BCUT2D eigenvalue weighted by Gasteiger charge is 2.30. The molecule has 1 rings (SSSR count). The van der Waals surface area contributed by atoms with Crippen LogP contribution >= 0.6 is 0 Å². The second-order valence-corrected chi connectivity index (χ2v) is 4.55. The van der Waals surface area contributed by atoms with Gasteiger partial charge in [0.1, 0.15) is 5.92 Å². The lowest BCUT2D eigenvalue weighted by molar-refractivity contribution is -0.150. The van der Waals surface area contributed by atoms with Gasteiger partial charge in [0.05, 0.1) is 7.11 Å². The maximum atomic E-state index is 12.1. The van der Waals surface area contributed by atoms with E-state index >= 15 is 0 Å². The van der Waals surface area contributed by atoms with E-state index in [0.717, 1.165) is 11.3 Å². The van der Waals surface area contributed by atoms with Gasteiger partial charge in [0.25, 0.3) is 0 Å². The molecule has 98 valence electrons. The second kappa shape index (κ2) is 6.19. The summed E-state index contributed by atoms with van der Waals surface area (Å²) < 4.78 is 4.66. The normalized spacial score (nSPS) is 12.1. The van der Waals surface area contributed by atoms with E-state index in [1.165, 1.54) is 7.11 Å². The van der Waals surface area contributed by atoms with Crippen molar-refractivity contribution in [2.75, 3.05) is 12.4 Å². The molecule has 0 fully saturated rings. The lowest BCUT2D eigenvalue weighted by Gasteiger charge is -2.18. The third-order valence-electron chi connectivity index (χ3n) is 2.81. The van der Waals surface area contributed by atoms with Crippen molar-refractivity contribution in [3.05, 3.63) is 29.8 Å².